The van der Waals surface area contributed by atoms with E-state index in [1.54, 1.807) is 0 Å². The Morgan fingerprint density at radius 2 is 1.88 bits per heavy atom. The highest BCUT2D eigenvalue weighted by atomic mass is 16.5. The number of carbonyl (C=O) groups excluding carboxylic acids is 1. The highest BCUT2D eigenvalue weighted by molar-refractivity contribution is 6.07. The minimum Gasteiger partial charge on any atom is -0.381 e. The summed E-state index contributed by atoms with van der Waals surface area (Å²) in [4.78, 5) is 22.2. The quantitative estimate of drug-likeness (QED) is 0.856. The van der Waals surface area contributed by atoms with Crippen LogP contribution in [0.3, 0.4) is 0 Å². The van der Waals surface area contributed by atoms with Gasteiger partial charge in [-0.2, -0.15) is 0 Å². The third kappa shape index (κ3) is 3.61. The van der Waals surface area contributed by atoms with Gasteiger partial charge in [-0.3, -0.25) is 4.79 Å². The molecule has 0 saturated carbocycles. The summed E-state index contributed by atoms with van der Waals surface area (Å²) in [5.74, 6) is 0.890. The minimum atomic E-state index is 0.0867. The molecule has 1 aromatic carbocycles. The molecule has 3 rings (SSSR count). The van der Waals surface area contributed by atoms with Gasteiger partial charge in [-0.15, -0.1) is 0 Å². The van der Waals surface area contributed by atoms with Gasteiger partial charge < -0.3 is 14.5 Å². The maximum absolute atomic E-state index is 13.5. The highest BCUT2D eigenvalue weighted by Gasteiger charge is 2.30. The van der Waals surface area contributed by atoms with Crippen molar-refractivity contribution in [2.45, 2.75) is 38.8 Å². The molecule has 5 nitrogen and oxygen atoms in total. The number of rotatable bonds is 4. The number of para-hydroxylation sites is 1. The zero-order valence-electron chi connectivity index (χ0n) is 15.5. The van der Waals surface area contributed by atoms with Crippen LogP contribution in [-0.4, -0.2) is 55.2 Å². The lowest BCUT2D eigenvalue weighted by Crippen LogP contribution is -2.47. The lowest BCUT2D eigenvalue weighted by Gasteiger charge is -2.37. The van der Waals surface area contributed by atoms with Gasteiger partial charge >= 0.3 is 0 Å². The fourth-order valence-electron chi connectivity index (χ4n) is 3.49. The summed E-state index contributed by atoms with van der Waals surface area (Å²) in [5.41, 5.74) is 1.59. The van der Waals surface area contributed by atoms with Crippen molar-refractivity contribution in [1.29, 1.82) is 0 Å². The number of carbonyl (C=O) groups is 1. The van der Waals surface area contributed by atoms with Crippen LogP contribution in [0.25, 0.3) is 10.9 Å². The second-order valence-electron chi connectivity index (χ2n) is 7.09. The van der Waals surface area contributed by atoms with E-state index >= 15 is 0 Å². The average Bonchev–Trinajstić information content (AvgIpc) is 2.61. The summed E-state index contributed by atoms with van der Waals surface area (Å²) in [6.07, 6.45) is 1.79. The van der Waals surface area contributed by atoms with E-state index in [4.69, 9.17) is 4.74 Å². The van der Waals surface area contributed by atoms with E-state index in [1.807, 2.05) is 54.2 Å². The molecule has 0 aliphatic carbocycles. The first kappa shape index (κ1) is 17.7. The molecular formula is C20H27N3O2. The zero-order chi connectivity index (χ0) is 18.0. The summed E-state index contributed by atoms with van der Waals surface area (Å²) >= 11 is 0. The van der Waals surface area contributed by atoms with E-state index in [1.165, 1.54) is 0 Å². The Labute approximate surface area is 149 Å². The first-order chi connectivity index (χ1) is 12.0. The zero-order valence-corrected chi connectivity index (χ0v) is 15.5. The summed E-state index contributed by atoms with van der Waals surface area (Å²) in [6.45, 7) is 5.62. The molecule has 0 unspecified atom stereocenters. The molecule has 2 heterocycles. The van der Waals surface area contributed by atoms with Gasteiger partial charge in [0.25, 0.3) is 5.91 Å². The molecule has 1 saturated heterocycles. The van der Waals surface area contributed by atoms with Crippen LogP contribution in [0.15, 0.2) is 30.3 Å². The van der Waals surface area contributed by atoms with Gasteiger partial charge in [0.05, 0.1) is 11.1 Å². The third-order valence-electron chi connectivity index (χ3n) is 4.77. The second-order valence-corrected chi connectivity index (χ2v) is 7.09. The van der Waals surface area contributed by atoms with Crippen LogP contribution in [0, 0.1) is 0 Å². The molecule has 0 radical (unpaired) electrons. The highest BCUT2D eigenvalue weighted by Crippen LogP contribution is 2.26. The number of amides is 1. The second kappa shape index (κ2) is 7.40. The topological polar surface area (TPSA) is 45.7 Å². The van der Waals surface area contributed by atoms with E-state index in [2.05, 4.69) is 18.8 Å². The standard InChI is InChI=1S/C20H27N3O2/c1-14(2)23(15-9-11-25-12-10-15)20(24)17-13-19(22(3)4)21-18-8-6-5-7-16(17)18/h5-8,13-15H,9-12H2,1-4H3. The maximum Gasteiger partial charge on any atom is 0.255 e. The number of hydrogen-bond donors (Lipinski definition) is 0. The third-order valence-corrected chi connectivity index (χ3v) is 4.77. The Morgan fingerprint density at radius 3 is 2.52 bits per heavy atom. The molecule has 0 bridgehead atoms. The van der Waals surface area contributed by atoms with Crippen molar-refractivity contribution in [2.75, 3.05) is 32.2 Å². The Bertz CT molecular complexity index is 752. The van der Waals surface area contributed by atoms with Crippen molar-refractivity contribution in [3.63, 3.8) is 0 Å². The van der Waals surface area contributed by atoms with Crippen LogP contribution >= 0.6 is 0 Å². The van der Waals surface area contributed by atoms with Crippen molar-refractivity contribution < 1.29 is 9.53 Å². The first-order valence-electron chi connectivity index (χ1n) is 8.96. The largest absolute Gasteiger partial charge is 0.381 e. The Hall–Kier alpha value is -2.14. The molecule has 0 atom stereocenters. The maximum atomic E-state index is 13.5. The minimum absolute atomic E-state index is 0.0867. The predicted octanol–water partition coefficient (Wildman–Crippen LogP) is 3.33. The van der Waals surface area contributed by atoms with Gasteiger partial charge in [-0.1, -0.05) is 18.2 Å². The number of anilines is 1. The average molecular weight is 341 g/mol. The molecule has 134 valence electrons. The number of ether oxygens (including phenoxy) is 1. The van der Waals surface area contributed by atoms with Gasteiger partial charge in [0, 0.05) is 44.8 Å². The normalized spacial score (nSPS) is 15.6. The summed E-state index contributed by atoms with van der Waals surface area (Å²) in [6, 6.07) is 10.2. The van der Waals surface area contributed by atoms with E-state index < -0.39 is 0 Å². The number of hydrogen-bond acceptors (Lipinski definition) is 4. The molecule has 25 heavy (non-hydrogen) atoms. The van der Waals surface area contributed by atoms with Crippen LogP contribution in [0.5, 0.6) is 0 Å². The number of nitrogens with zero attached hydrogens (tertiary/aromatic N) is 3. The summed E-state index contributed by atoms with van der Waals surface area (Å²) < 4.78 is 5.48. The number of fused-ring (bicyclic) bond motifs is 1. The Kier molecular flexibility index (Phi) is 5.23. The molecule has 1 fully saturated rings. The van der Waals surface area contributed by atoms with Crippen molar-refractivity contribution >= 4 is 22.6 Å². The Balaban J connectivity index is 2.07. The van der Waals surface area contributed by atoms with Crippen molar-refractivity contribution in [3.05, 3.63) is 35.9 Å². The lowest BCUT2D eigenvalue weighted by molar-refractivity contribution is 0.0207. The number of benzene rings is 1. The van der Waals surface area contributed by atoms with E-state index in [9.17, 15) is 4.79 Å². The van der Waals surface area contributed by atoms with E-state index in [0.717, 1.165) is 48.3 Å². The van der Waals surface area contributed by atoms with Crippen LogP contribution in [0.4, 0.5) is 5.82 Å². The number of pyridine rings is 1. The van der Waals surface area contributed by atoms with Gasteiger partial charge in [0.1, 0.15) is 5.82 Å². The molecule has 1 aliphatic heterocycles. The van der Waals surface area contributed by atoms with Crippen LogP contribution in [-0.2, 0) is 4.74 Å². The SMILES string of the molecule is CC(C)N(C(=O)c1cc(N(C)C)nc2ccccc12)C1CCOCC1. The first-order valence-corrected chi connectivity index (χ1v) is 8.96. The molecule has 0 spiro atoms. The van der Waals surface area contributed by atoms with Crippen molar-refractivity contribution in [2.24, 2.45) is 0 Å². The molecular weight excluding hydrogens is 314 g/mol. The van der Waals surface area contributed by atoms with E-state index in [-0.39, 0.29) is 18.0 Å². The van der Waals surface area contributed by atoms with E-state index in [0.29, 0.717) is 0 Å². The van der Waals surface area contributed by atoms with Crippen LogP contribution < -0.4 is 4.90 Å². The number of aromatic nitrogens is 1. The van der Waals surface area contributed by atoms with Gasteiger partial charge in [0.15, 0.2) is 0 Å². The van der Waals surface area contributed by atoms with Crippen molar-refractivity contribution in [1.82, 2.24) is 9.88 Å². The molecule has 0 N–H and O–H groups in total. The lowest BCUT2D eigenvalue weighted by atomic mass is 10.0. The molecule has 1 aliphatic rings. The fourth-order valence-corrected chi connectivity index (χ4v) is 3.49. The molecule has 5 heteroatoms. The predicted molar refractivity (Wildman–Crippen MR) is 101 cm³/mol. The molecule has 1 amide bonds. The monoisotopic (exact) mass is 341 g/mol. The van der Waals surface area contributed by atoms with Crippen LogP contribution in [0.2, 0.25) is 0 Å². The Morgan fingerprint density at radius 1 is 1.20 bits per heavy atom. The smallest absolute Gasteiger partial charge is 0.255 e. The van der Waals surface area contributed by atoms with Gasteiger partial charge in [-0.25, -0.2) is 4.98 Å². The van der Waals surface area contributed by atoms with Crippen LogP contribution in [0.1, 0.15) is 37.0 Å². The molecule has 1 aromatic heterocycles. The van der Waals surface area contributed by atoms with Gasteiger partial charge in [-0.05, 0) is 38.8 Å². The van der Waals surface area contributed by atoms with Crippen molar-refractivity contribution in [3.8, 4) is 0 Å². The summed E-state index contributed by atoms with van der Waals surface area (Å²) in [5, 5.41) is 0.913. The fraction of sp³-hybridized carbons (Fsp3) is 0.500. The summed E-state index contributed by atoms with van der Waals surface area (Å²) in [7, 11) is 3.90. The molecule has 2 aromatic rings. The van der Waals surface area contributed by atoms with Gasteiger partial charge in [0.2, 0.25) is 0 Å².